The number of pyridine rings is 1. The van der Waals surface area contributed by atoms with E-state index in [0.29, 0.717) is 39.8 Å². The smallest absolute Gasteiger partial charge is 0.382 e. The number of carbonyl (C=O) groups is 1. The molecule has 0 spiro atoms. The van der Waals surface area contributed by atoms with Gasteiger partial charge < -0.3 is 10.6 Å². The van der Waals surface area contributed by atoms with Gasteiger partial charge in [-0.25, -0.2) is 4.98 Å². The van der Waals surface area contributed by atoms with Crippen molar-refractivity contribution in [2.75, 3.05) is 5.32 Å². The molecule has 11 heteroatoms. The van der Waals surface area contributed by atoms with Crippen LogP contribution in [0.25, 0.3) is 0 Å². The minimum Gasteiger partial charge on any atom is -0.382 e. The molecule has 31 heavy (non-hydrogen) atoms. The van der Waals surface area contributed by atoms with Crippen molar-refractivity contribution in [3.8, 4) is 0 Å². The Morgan fingerprint density at radius 2 is 1.65 bits per heavy atom. The molecule has 0 unspecified atom stereocenters. The van der Waals surface area contributed by atoms with Crippen LogP contribution in [0.4, 0.5) is 18.9 Å². The Labute approximate surface area is 203 Å². The molecule has 1 heterocycles. The van der Waals surface area contributed by atoms with Crippen LogP contribution >= 0.6 is 50.2 Å². The van der Waals surface area contributed by atoms with E-state index in [-0.39, 0.29) is 45.0 Å². The van der Waals surface area contributed by atoms with Crippen molar-refractivity contribution in [2.45, 2.75) is 50.9 Å². The Bertz CT molecular complexity index is 908. The quantitative estimate of drug-likeness (QED) is 0.519. The number of hydrogen-bond acceptors (Lipinski definition) is 3. The van der Waals surface area contributed by atoms with Gasteiger partial charge in [-0.15, -0.1) is 0 Å². The Balaban J connectivity index is 0.00000240. The minimum atomic E-state index is -4.48. The number of aryl methyl sites for hydroxylation is 1. The van der Waals surface area contributed by atoms with Gasteiger partial charge in [-0.1, -0.05) is 23.2 Å². The largest absolute Gasteiger partial charge is 0.433 e. The second kappa shape index (κ2) is 11.5. The third-order valence-corrected chi connectivity index (χ3v) is 5.40. The van der Waals surface area contributed by atoms with Crippen LogP contribution in [0, 0.1) is 6.92 Å². The molecule has 1 amide bonds. The van der Waals surface area contributed by atoms with Gasteiger partial charge in [0.15, 0.2) is 0 Å². The molecule has 0 atom stereocenters. The zero-order valence-electron chi connectivity index (χ0n) is 16.6. The van der Waals surface area contributed by atoms with E-state index < -0.39 is 11.9 Å². The number of halogens is 5. The number of rotatable bonds is 4. The molecule has 1 aromatic heterocycles. The molecule has 4 nitrogen and oxygen atoms in total. The lowest BCUT2D eigenvalue weighted by Gasteiger charge is -2.30. The second-order valence-electron chi connectivity index (χ2n) is 7.17. The highest BCUT2D eigenvalue weighted by atomic mass is 35.5. The molecule has 0 saturated heterocycles. The Kier molecular flexibility index (Phi) is 10.3. The molecule has 1 fully saturated rings. The van der Waals surface area contributed by atoms with Crippen molar-refractivity contribution in [2.24, 2.45) is 0 Å². The number of anilines is 1. The van der Waals surface area contributed by atoms with Gasteiger partial charge in [-0.3, -0.25) is 4.79 Å². The normalized spacial score (nSPS) is 18.4. The van der Waals surface area contributed by atoms with E-state index >= 15 is 0 Å². The van der Waals surface area contributed by atoms with Crippen molar-refractivity contribution in [3.63, 3.8) is 0 Å². The highest BCUT2D eigenvalue weighted by Gasteiger charge is 2.33. The first-order chi connectivity index (χ1) is 13.6. The van der Waals surface area contributed by atoms with Gasteiger partial charge >= 0.3 is 6.18 Å². The summed E-state index contributed by atoms with van der Waals surface area (Å²) in [5.74, 6) is -0.261. The van der Waals surface area contributed by atoms with Crippen LogP contribution in [0.3, 0.4) is 0 Å². The highest BCUT2D eigenvalue weighted by Crippen LogP contribution is 2.31. The lowest BCUT2D eigenvalue weighted by Crippen LogP contribution is -2.40. The van der Waals surface area contributed by atoms with Crippen LogP contribution < -0.4 is 10.6 Å². The Hall–Kier alpha value is -1.29. The third kappa shape index (κ3) is 7.66. The number of nitrogens with one attached hydrogen (secondary N) is 2. The summed E-state index contributed by atoms with van der Waals surface area (Å²) in [6.07, 6.45) is -1.60. The fourth-order valence-corrected chi connectivity index (χ4v) is 3.95. The standard InChI is InChI=1S/C20H20Cl2F3N3O.2H2S/c1-11-8-15(10-18(26-11)20(23,24)25)27-13-3-5-14(6-4-13)28-19(29)16-7-2-12(21)9-17(16)22;;/h2,7-10,13-14H,3-6H2,1H3,(H,26,27)(H,28,29);2*1H2. The van der Waals surface area contributed by atoms with Gasteiger partial charge in [0.1, 0.15) is 5.69 Å². The van der Waals surface area contributed by atoms with E-state index in [1.165, 1.54) is 13.0 Å². The molecule has 0 radical (unpaired) electrons. The molecule has 0 bridgehead atoms. The molecular weight excluding hydrogens is 490 g/mol. The average Bonchev–Trinajstić information content (AvgIpc) is 2.62. The summed E-state index contributed by atoms with van der Waals surface area (Å²) in [6.45, 7) is 1.54. The average molecular weight is 514 g/mol. The topological polar surface area (TPSA) is 54.0 Å². The van der Waals surface area contributed by atoms with Gasteiger partial charge in [0.25, 0.3) is 5.91 Å². The summed E-state index contributed by atoms with van der Waals surface area (Å²) >= 11 is 11.9. The van der Waals surface area contributed by atoms with Gasteiger partial charge in [-0.05, 0) is 62.9 Å². The molecule has 1 aromatic carbocycles. The molecular formula is C20H24Cl2F3N3OS2. The van der Waals surface area contributed by atoms with E-state index in [2.05, 4.69) is 15.6 Å². The van der Waals surface area contributed by atoms with Gasteiger partial charge in [0.2, 0.25) is 0 Å². The predicted molar refractivity (Wildman–Crippen MR) is 128 cm³/mol. The molecule has 2 N–H and O–H groups in total. The fourth-order valence-electron chi connectivity index (χ4n) is 3.45. The van der Waals surface area contributed by atoms with Crippen LogP contribution in [-0.2, 0) is 6.18 Å². The van der Waals surface area contributed by atoms with Crippen LogP contribution in [0.15, 0.2) is 30.3 Å². The number of aromatic nitrogens is 1. The first kappa shape index (κ1) is 27.7. The summed E-state index contributed by atoms with van der Waals surface area (Å²) < 4.78 is 38.8. The van der Waals surface area contributed by atoms with E-state index in [1.54, 1.807) is 18.2 Å². The van der Waals surface area contributed by atoms with Crippen molar-refractivity contribution in [1.82, 2.24) is 10.3 Å². The molecule has 172 valence electrons. The molecule has 0 aliphatic heterocycles. The predicted octanol–water partition coefficient (Wildman–Crippen LogP) is 6.09. The fraction of sp³-hybridized carbons (Fsp3) is 0.400. The van der Waals surface area contributed by atoms with Crippen molar-refractivity contribution in [3.05, 3.63) is 57.3 Å². The first-order valence-corrected chi connectivity index (χ1v) is 9.96. The number of carbonyl (C=O) groups excluding carboxylic acids is 1. The van der Waals surface area contributed by atoms with Crippen LogP contribution in [0.1, 0.15) is 47.4 Å². The Morgan fingerprint density at radius 1 is 1.03 bits per heavy atom. The van der Waals surface area contributed by atoms with Crippen LogP contribution in [-0.4, -0.2) is 23.0 Å². The molecule has 1 aliphatic rings. The van der Waals surface area contributed by atoms with Gasteiger partial charge in [-0.2, -0.15) is 40.2 Å². The number of amides is 1. The summed E-state index contributed by atoms with van der Waals surface area (Å²) in [6, 6.07) is 7.36. The van der Waals surface area contributed by atoms with E-state index in [0.717, 1.165) is 18.9 Å². The maximum absolute atomic E-state index is 12.9. The maximum atomic E-state index is 12.9. The van der Waals surface area contributed by atoms with E-state index in [1.807, 2.05) is 0 Å². The highest BCUT2D eigenvalue weighted by molar-refractivity contribution is 7.59. The van der Waals surface area contributed by atoms with E-state index in [9.17, 15) is 18.0 Å². The monoisotopic (exact) mass is 513 g/mol. The van der Waals surface area contributed by atoms with E-state index in [4.69, 9.17) is 23.2 Å². The zero-order valence-corrected chi connectivity index (χ0v) is 20.1. The van der Waals surface area contributed by atoms with Gasteiger partial charge in [0, 0.05) is 28.5 Å². The lowest BCUT2D eigenvalue weighted by atomic mass is 9.90. The zero-order chi connectivity index (χ0) is 21.2. The maximum Gasteiger partial charge on any atom is 0.433 e. The summed E-state index contributed by atoms with van der Waals surface area (Å²) in [5.41, 5.74) is 0.178. The lowest BCUT2D eigenvalue weighted by molar-refractivity contribution is -0.141. The molecule has 1 saturated carbocycles. The number of alkyl halides is 3. The summed E-state index contributed by atoms with van der Waals surface area (Å²) in [7, 11) is 0. The summed E-state index contributed by atoms with van der Waals surface area (Å²) in [5, 5.41) is 6.88. The number of benzene rings is 1. The van der Waals surface area contributed by atoms with Crippen LogP contribution in [0.5, 0.6) is 0 Å². The number of hydrogen-bond donors (Lipinski definition) is 2. The summed E-state index contributed by atoms with van der Waals surface area (Å²) in [4.78, 5) is 16.0. The second-order valence-corrected chi connectivity index (χ2v) is 8.01. The molecule has 2 aromatic rings. The van der Waals surface area contributed by atoms with Crippen molar-refractivity contribution in [1.29, 1.82) is 0 Å². The number of nitrogens with zero attached hydrogens (tertiary/aromatic N) is 1. The first-order valence-electron chi connectivity index (χ1n) is 9.20. The SMILES string of the molecule is Cc1cc(NC2CCC(NC(=O)c3ccc(Cl)cc3Cl)CC2)cc(C(F)(F)F)n1.S.S. The Morgan fingerprint density at radius 3 is 2.23 bits per heavy atom. The van der Waals surface area contributed by atoms with Crippen molar-refractivity contribution < 1.29 is 18.0 Å². The molecule has 1 aliphatic carbocycles. The van der Waals surface area contributed by atoms with Crippen LogP contribution in [0.2, 0.25) is 10.0 Å². The van der Waals surface area contributed by atoms with Gasteiger partial charge in [0.05, 0.1) is 10.6 Å². The minimum absolute atomic E-state index is 0. The van der Waals surface area contributed by atoms with Crippen molar-refractivity contribution >= 4 is 61.8 Å². The molecule has 3 rings (SSSR count). The third-order valence-electron chi connectivity index (χ3n) is 4.85.